The quantitative estimate of drug-likeness (QED) is 0.682. The van der Waals surface area contributed by atoms with Gasteiger partial charge in [-0.25, -0.2) is 9.18 Å². The Morgan fingerprint density at radius 1 is 1.53 bits per heavy atom. The lowest BCUT2D eigenvalue weighted by atomic mass is 10.2. The highest BCUT2D eigenvalue weighted by atomic mass is 79.9. The molecule has 0 unspecified atom stereocenters. The van der Waals surface area contributed by atoms with E-state index in [2.05, 4.69) is 21.2 Å². The van der Waals surface area contributed by atoms with Gasteiger partial charge in [-0.05, 0) is 18.2 Å². The third-order valence-corrected chi connectivity index (χ3v) is 3.12. The predicted octanol–water partition coefficient (Wildman–Crippen LogP) is 2.03. The van der Waals surface area contributed by atoms with Crippen LogP contribution in [0.5, 0.6) is 0 Å². The van der Waals surface area contributed by atoms with Crippen molar-refractivity contribution in [2.75, 3.05) is 6.61 Å². The van der Waals surface area contributed by atoms with Crippen LogP contribution in [0.2, 0.25) is 0 Å². The van der Waals surface area contributed by atoms with Crippen molar-refractivity contribution in [3.8, 4) is 0 Å². The second kappa shape index (κ2) is 5.97. The van der Waals surface area contributed by atoms with Gasteiger partial charge < -0.3 is 10.1 Å². The highest BCUT2D eigenvalue weighted by Crippen LogP contribution is 2.16. The minimum atomic E-state index is -0.605. The third kappa shape index (κ3) is 3.64. The van der Waals surface area contributed by atoms with Crippen molar-refractivity contribution in [1.82, 2.24) is 5.32 Å². The van der Waals surface area contributed by atoms with Gasteiger partial charge >= 0.3 is 5.97 Å². The van der Waals surface area contributed by atoms with E-state index in [-0.39, 0.29) is 0 Å². The Morgan fingerprint density at radius 2 is 2.32 bits per heavy atom. The molecule has 0 spiro atoms. The summed E-state index contributed by atoms with van der Waals surface area (Å²) >= 11 is 3.15. The minimum Gasteiger partial charge on any atom is -0.464 e. The van der Waals surface area contributed by atoms with Crippen molar-refractivity contribution in [3.63, 3.8) is 0 Å². The third-order valence-electron chi connectivity index (χ3n) is 2.63. The van der Waals surface area contributed by atoms with Gasteiger partial charge in [0, 0.05) is 22.5 Å². The molecule has 0 aliphatic carbocycles. The number of carbonyl (C=O) groups is 2. The highest BCUT2D eigenvalue weighted by Gasteiger charge is 2.27. The van der Waals surface area contributed by atoms with Gasteiger partial charge in [0.05, 0.1) is 6.61 Å². The van der Waals surface area contributed by atoms with Crippen LogP contribution in [-0.4, -0.2) is 24.5 Å². The van der Waals surface area contributed by atoms with Crippen molar-refractivity contribution < 1.29 is 18.7 Å². The van der Waals surface area contributed by atoms with Crippen LogP contribution in [0.1, 0.15) is 12.0 Å². The Balaban J connectivity index is 1.98. The van der Waals surface area contributed by atoms with Crippen LogP contribution in [0, 0.1) is 5.82 Å². The number of hydrogen-bond acceptors (Lipinski definition) is 3. The summed E-state index contributed by atoms with van der Waals surface area (Å²) in [5.74, 6) is -1.32. The molecule has 0 bridgehead atoms. The lowest BCUT2D eigenvalue weighted by Crippen LogP contribution is -2.36. The largest absolute Gasteiger partial charge is 0.464 e. The van der Waals surface area contributed by atoms with Crippen LogP contribution in [0.3, 0.4) is 0 Å². The molecule has 1 amide bonds. The molecule has 1 N–H and O–H groups in total. The van der Waals surface area contributed by atoms with Crippen LogP contribution < -0.4 is 5.32 Å². The van der Waals surface area contributed by atoms with Gasteiger partial charge in [0.25, 0.3) is 0 Å². The fourth-order valence-corrected chi connectivity index (χ4v) is 1.98. The number of cyclic esters (lactones) is 1. The normalized spacial score (nSPS) is 18.6. The van der Waals surface area contributed by atoms with Gasteiger partial charge in [0.2, 0.25) is 5.91 Å². The molecule has 19 heavy (non-hydrogen) atoms. The number of rotatable bonds is 3. The standard InChI is InChI=1S/C13H11BrFNO3/c14-9-3-1-8(10(15)7-9)2-4-12(17)16-11-5-6-19-13(11)18/h1-4,7,11H,5-6H2,(H,16,17)/b4-2+/t11-/m0/s1. The zero-order chi connectivity index (χ0) is 13.8. The summed E-state index contributed by atoms with van der Waals surface area (Å²) in [4.78, 5) is 22.7. The molecule has 100 valence electrons. The number of carbonyl (C=O) groups excluding carboxylic acids is 2. The fourth-order valence-electron chi connectivity index (χ4n) is 1.65. The first-order valence-corrected chi connectivity index (χ1v) is 6.46. The first-order valence-electron chi connectivity index (χ1n) is 5.66. The average molecular weight is 328 g/mol. The van der Waals surface area contributed by atoms with E-state index in [1.54, 1.807) is 12.1 Å². The van der Waals surface area contributed by atoms with E-state index in [4.69, 9.17) is 4.74 Å². The Bertz CT molecular complexity index is 545. The monoisotopic (exact) mass is 327 g/mol. The van der Waals surface area contributed by atoms with Gasteiger partial charge in [-0.2, -0.15) is 0 Å². The Labute approximate surface area is 117 Å². The molecular formula is C13H11BrFNO3. The van der Waals surface area contributed by atoms with Gasteiger partial charge in [0.1, 0.15) is 11.9 Å². The minimum absolute atomic E-state index is 0.298. The molecule has 2 rings (SSSR count). The molecule has 4 nitrogen and oxygen atoms in total. The maximum atomic E-state index is 13.5. The first kappa shape index (κ1) is 13.7. The summed E-state index contributed by atoms with van der Waals surface area (Å²) in [6.45, 7) is 0.314. The molecule has 1 aromatic carbocycles. The summed E-state index contributed by atoms with van der Waals surface area (Å²) < 4.78 is 18.8. The SMILES string of the molecule is O=C(/C=C/c1ccc(Br)cc1F)N[C@H]1CCOC1=O. The Morgan fingerprint density at radius 3 is 2.95 bits per heavy atom. The Kier molecular flexibility index (Phi) is 4.31. The molecular weight excluding hydrogens is 317 g/mol. The van der Waals surface area contributed by atoms with Crippen LogP contribution in [0.15, 0.2) is 28.7 Å². The molecule has 0 radical (unpaired) electrons. The topological polar surface area (TPSA) is 55.4 Å². The lowest BCUT2D eigenvalue weighted by molar-refractivity contribution is -0.140. The van der Waals surface area contributed by atoms with Crippen molar-refractivity contribution >= 4 is 33.9 Å². The number of nitrogens with one attached hydrogen (secondary N) is 1. The van der Waals surface area contributed by atoms with Crippen LogP contribution in [0.25, 0.3) is 6.08 Å². The summed E-state index contributed by atoms with van der Waals surface area (Å²) in [6.07, 6.45) is 3.01. The predicted molar refractivity (Wildman–Crippen MR) is 70.6 cm³/mol. The number of halogens is 2. The van der Waals surface area contributed by atoms with E-state index in [1.165, 1.54) is 18.2 Å². The van der Waals surface area contributed by atoms with Gasteiger partial charge in [-0.3, -0.25) is 4.79 Å². The first-order chi connectivity index (χ1) is 9.06. The molecule has 1 saturated heterocycles. The maximum absolute atomic E-state index is 13.5. The molecule has 1 aliphatic rings. The smallest absolute Gasteiger partial charge is 0.328 e. The second-order valence-electron chi connectivity index (χ2n) is 4.02. The number of ether oxygens (including phenoxy) is 1. The lowest BCUT2D eigenvalue weighted by Gasteiger charge is -2.05. The number of amides is 1. The van der Waals surface area contributed by atoms with Crippen molar-refractivity contribution in [1.29, 1.82) is 0 Å². The van der Waals surface area contributed by atoms with Crippen LogP contribution in [-0.2, 0) is 14.3 Å². The Hall–Kier alpha value is -1.69. The van der Waals surface area contributed by atoms with Crippen LogP contribution in [0.4, 0.5) is 4.39 Å². The van der Waals surface area contributed by atoms with Crippen molar-refractivity contribution in [3.05, 3.63) is 40.1 Å². The number of hydrogen-bond donors (Lipinski definition) is 1. The zero-order valence-corrected chi connectivity index (χ0v) is 11.4. The van der Waals surface area contributed by atoms with Gasteiger partial charge in [-0.1, -0.05) is 22.0 Å². The molecule has 0 aromatic heterocycles. The van der Waals surface area contributed by atoms with Crippen LogP contribution >= 0.6 is 15.9 Å². The highest BCUT2D eigenvalue weighted by molar-refractivity contribution is 9.10. The van der Waals surface area contributed by atoms with Crippen molar-refractivity contribution in [2.45, 2.75) is 12.5 Å². The molecule has 1 aromatic rings. The molecule has 1 atom stereocenters. The summed E-state index contributed by atoms with van der Waals surface area (Å²) in [5, 5.41) is 2.50. The van der Waals surface area contributed by atoms with E-state index < -0.39 is 23.7 Å². The summed E-state index contributed by atoms with van der Waals surface area (Å²) in [6, 6.07) is 3.93. The van der Waals surface area contributed by atoms with E-state index in [0.717, 1.165) is 0 Å². The van der Waals surface area contributed by atoms with E-state index >= 15 is 0 Å². The average Bonchev–Trinajstić information content (AvgIpc) is 2.74. The van der Waals surface area contributed by atoms with E-state index in [1.807, 2.05) is 0 Å². The fraction of sp³-hybridized carbons (Fsp3) is 0.231. The number of esters is 1. The van der Waals surface area contributed by atoms with Crippen molar-refractivity contribution in [2.24, 2.45) is 0 Å². The molecule has 0 saturated carbocycles. The second-order valence-corrected chi connectivity index (χ2v) is 4.93. The van der Waals surface area contributed by atoms with E-state index in [9.17, 15) is 14.0 Å². The molecule has 1 fully saturated rings. The molecule has 1 heterocycles. The maximum Gasteiger partial charge on any atom is 0.328 e. The summed E-state index contributed by atoms with van der Waals surface area (Å²) in [5.41, 5.74) is 0.298. The molecule has 6 heteroatoms. The molecule has 1 aliphatic heterocycles. The number of benzene rings is 1. The van der Waals surface area contributed by atoms with Gasteiger partial charge in [0.15, 0.2) is 0 Å². The zero-order valence-electron chi connectivity index (χ0n) is 9.86. The van der Waals surface area contributed by atoms with Gasteiger partial charge in [-0.15, -0.1) is 0 Å². The summed E-state index contributed by atoms with van der Waals surface area (Å²) in [7, 11) is 0. The van der Waals surface area contributed by atoms with E-state index in [0.29, 0.717) is 23.1 Å².